The molecule has 0 bridgehead atoms. The van der Waals surface area contributed by atoms with Gasteiger partial charge in [-0.05, 0) is 76.9 Å². The smallest absolute Gasteiger partial charge is 0.253 e. The minimum Gasteiger partial charge on any atom is -0.494 e. The molecular formula is C31H29FN6O2. The molecule has 6 rings (SSSR count). The third-order valence-electron chi connectivity index (χ3n) is 7.25. The van der Waals surface area contributed by atoms with Crippen molar-refractivity contribution in [3.63, 3.8) is 0 Å². The van der Waals surface area contributed by atoms with E-state index in [0.29, 0.717) is 37.6 Å². The van der Waals surface area contributed by atoms with Crippen LogP contribution in [0.2, 0.25) is 0 Å². The highest BCUT2D eigenvalue weighted by atomic mass is 19.1. The lowest BCUT2D eigenvalue weighted by Gasteiger charge is -2.33. The van der Waals surface area contributed by atoms with Gasteiger partial charge < -0.3 is 9.72 Å². The summed E-state index contributed by atoms with van der Waals surface area (Å²) in [5.74, 6) is 1.08. The number of tetrazole rings is 1. The van der Waals surface area contributed by atoms with Crippen LogP contribution in [0.25, 0.3) is 16.5 Å². The van der Waals surface area contributed by atoms with Gasteiger partial charge in [-0.15, -0.1) is 5.10 Å². The summed E-state index contributed by atoms with van der Waals surface area (Å²) in [6, 6.07) is 23.6. The Bertz CT molecular complexity index is 1710. The number of fused-ring (bicyclic) bond motifs is 1. The first-order chi connectivity index (χ1) is 19.6. The second-order valence-electron chi connectivity index (χ2n) is 9.80. The average Bonchev–Trinajstić information content (AvgIpc) is 3.42. The van der Waals surface area contributed by atoms with Crippen LogP contribution in [0.1, 0.15) is 41.9 Å². The van der Waals surface area contributed by atoms with Crippen molar-refractivity contribution in [2.24, 2.45) is 0 Å². The van der Waals surface area contributed by atoms with Crippen molar-refractivity contribution in [3.05, 3.63) is 124 Å². The second-order valence-corrected chi connectivity index (χ2v) is 9.80. The molecule has 0 amide bonds. The van der Waals surface area contributed by atoms with E-state index in [1.54, 1.807) is 16.8 Å². The number of benzene rings is 3. The summed E-state index contributed by atoms with van der Waals surface area (Å²) in [5.41, 5.74) is 4.30. The number of nitrogens with one attached hydrogen (secondary N) is 1. The van der Waals surface area contributed by atoms with Crippen LogP contribution in [0.4, 0.5) is 4.39 Å². The fraction of sp³-hybridized carbons (Fsp3) is 0.226. The molecule has 3 heterocycles. The molecule has 0 aliphatic carbocycles. The van der Waals surface area contributed by atoms with Gasteiger partial charge in [-0.25, -0.2) is 9.07 Å². The zero-order valence-electron chi connectivity index (χ0n) is 22.1. The van der Waals surface area contributed by atoms with E-state index in [-0.39, 0.29) is 11.4 Å². The Hall–Kier alpha value is -4.63. The highest BCUT2D eigenvalue weighted by molar-refractivity contribution is 5.80. The van der Waals surface area contributed by atoms with Crippen molar-refractivity contribution in [1.82, 2.24) is 30.1 Å². The maximum absolute atomic E-state index is 13.6. The van der Waals surface area contributed by atoms with E-state index in [1.165, 1.54) is 12.1 Å². The molecule has 5 aromatic rings. The molecule has 9 heteroatoms. The predicted octanol–water partition coefficient (Wildman–Crippen LogP) is 4.98. The topological polar surface area (TPSA) is 88.9 Å². The van der Waals surface area contributed by atoms with Gasteiger partial charge in [0.25, 0.3) is 5.56 Å². The van der Waals surface area contributed by atoms with Gasteiger partial charge in [0.1, 0.15) is 17.6 Å². The molecule has 1 N–H and O–H groups in total. The van der Waals surface area contributed by atoms with Crippen LogP contribution < -0.4 is 10.3 Å². The standard InChI is InChI=1S/C31H29FN6O2/c1-2-40-26-12-13-28-24(18-26)19-27(31(39)33-28)29(30-34-35-36-38(30)20-21-6-4-3-5-7-21)37-16-14-23(15-17-37)22-8-10-25(32)11-9-22/h3-14,18-19,29H,2,15-17,20H2,1H3,(H,33,39)/t29-/m1/s1. The quantitative estimate of drug-likeness (QED) is 0.301. The van der Waals surface area contributed by atoms with E-state index in [9.17, 15) is 9.18 Å². The summed E-state index contributed by atoms with van der Waals surface area (Å²) >= 11 is 0. The summed E-state index contributed by atoms with van der Waals surface area (Å²) in [4.78, 5) is 18.8. The Kier molecular flexibility index (Phi) is 7.20. The second kappa shape index (κ2) is 11.2. The first-order valence-electron chi connectivity index (χ1n) is 13.4. The van der Waals surface area contributed by atoms with Gasteiger partial charge in [0.15, 0.2) is 5.82 Å². The number of nitrogens with zero attached hydrogens (tertiary/aromatic N) is 5. The molecule has 1 aliphatic heterocycles. The first-order valence-corrected chi connectivity index (χ1v) is 13.4. The van der Waals surface area contributed by atoms with E-state index in [0.717, 1.165) is 39.8 Å². The van der Waals surface area contributed by atoms with Gasteiger partial charge in [-0.3, -0.25) is 9.69 Å². The number of H-pyrrole nitrogens is 1. The summed E-state index contributed by atoms with van der Waals surface area (Å²) in [6.07, 6.45) is 2.87. The highest BCUT2D eigenvalue weighted by Crippen LogP contribution is 2.32. The Morgan fingerprint density at radius 3 is 2.62 bits per heavy atom. The lowest BCUT2D eigenvalue weighted by Crippen LogP contribution is -2.38. The van der Waals surface area contributed by atoms with E-state index in [4.69, 9.17) is 4.74 Å². The number of aromatic amines is 1. The normalized spacial score (nSPS) is 14.7. The number of rotatable bonds is 8. The fourth-order valence-corrected chi connectivity index (χ4v) is 5.28. The Labute approximate surface area is 230 Å². The molecule has 0 radical (unpaired) electrons. The van der Waals surface area contributed by atoms with Crippen molar-refractivity contribution < 1.29 is 9.13 Å². The zero-order valence-corrected chi connectivity index (χ0v) is 22.1. The number of pyridine rings is 1. The minimum absolute atomic E-state index is 0.191. The lowest BCUT2D eigenvalue weighted by atomic mass is 9.96. The van der Waals surface area contributed by atoms with Crippen molar-refractivity contribution in [3.8, 4) is 5.75 Å². The molecular weight excluding hydrogens is 507 g/mol. The number of aromatic nitrogens is 5. The van der Waals surface area contributed by atoms with Crippen LogP contribution in [0, 0.1) is 5.82 Å². The van der Waals surface area contributed by atoms with Crippen LogP contribution in [0.5, 0.6) is 5.75 Å². The summed E-state index contributed by atoms with van der Waals surface area (Å²) in [7, 11) is 0. The Balaban J connectivity index is 1.42. The van der Waals surface area contributed by atoms with Crippen molar-refractivity contribution >= 4 is 16.5 Å². The SMILES string of the molecule is CCOc1ccc2[nH]c(=O)c([C@H](c3nnnn3Cc3ccccc3)N3CC=C(c4ccc(F)cc4)CC3)cc2c1. The summed E-state index contributed by atoms with van der Waals surface area (Å²) < 4.78 is 21.0. The van der Waals surface area contributed by atoms with Crippen LogP contribution in [0.15, 0.2) is 89.7 Å². The molecule has 0 unspecified atom stereocenters. The molecule has 3 aromatic carbocycles. The minimum atomic E-state index is -0.492. The van der Waals surface area contributed by atoms with Crippen LogP contribution in [-0.4, -0.2) is 49.8 Å². The van der Waals surface area contributed by atoms with E-state index in [2.05, 4.69) is 31.5 Å². The number of hydrogen-bond acceptors (Lipinski definition) is 6. The van der Waals surface area contributed by atoms with Gasteiger partial charge in [0.2, 0.25) is 0 Å². The molecule has 40 heavy (non-hydrogen) atoms. The summed E-state index contributed by atoms with van der Waals surface area (Å²) in [6.45, 7) is 4.21. The zero-order chi connectivity index (χ0) is 27.5. The van der Waals surface area contributed by atoms with Gasteiger partial charge in [0.05, 0.1) is 13.2 Å². The number of ether oxygens (including phenoxy) is 1. The fourth-order valence-electron chi connectivity index (χ4n) is 5.28. The lowest BCUT2D eigenvalue weighted by molar-refractivity contribution is 0.234. The van der Waals surface area contributed by atoms with Gasteiger partial charge in [-0.1, -0.05) is 48.5 Å². The molecule has 0 spiro atoms. The molecule has 1 atom stereocenters. The third-order valence-corrected chi connectivity index (χ3v) is 7.25. The van der Waals surface area contributed by atoms with Crippen LogP contribution in [0.3, 0.4) is 0 Å². The van der Waals surface area contributed by atoms with Crippen molar-refractivity contribution in [2.75, 3.05) is 19.7 Å². The van der Waals surface area contributed by atoms with Gasteiger partial charge >= 0.3 is 0 Å². The molecule has 1 aliphatic rings. The van der Waals surface area contributed by atoms with Gasteiger partial charge in [-0.2, -0.15) is 0 Å². The van der Waals surface area contributed by atoms with Gasteiger partial charge in [0, 0.05) is 29.6 Å². The molecule has 0 saturated carbocycles. The number of halogens is 1. The van der Waals surface area contributed by atoms with E-state index >= 15 is 0 Å². The van der Waals surface area contributed by atoms with Crippen LogP contribution >= 0.6 is 0 Å². The highest BCUT2D eigenvalue weighted by Gasteiger charge is 2.31. The van der Waals surface area contributed by atoms with Crippen molar-refractivity contribution in [2.45, 2.75) is 25.9 Å². The first kappa shape index (κ1) is 25.6. The Morgan fingerprint density at radius 2 is 1.88 bits per heavy atom. The maximum atomic E-state index is 13.6. The monoisotopic (exact) mass is 536 g/mol. The maximum Gasteiger partial charge on any atom is 0.253 e. The van der Waals surface area contributed by atoms with Crippen molar-refractivity contribution in [1.29, 1.82) is 0 Å². The molecule has 0 fully saturated rings. The largest absolute Gasteiger partial charge is 0.494 e. The predicted molar refractivity (Wildman–Crippen MR) is 152 cm³/mol. The van der Waals surface area contributed by atoms with E-state index < -0.39 is 6.04 Å². The average molecular weight is 537 g/mol. The van der Waals surface area contributed by atoms with Crippen LogP contribution in [-0.2, 0) is 6.54 Å². The van der Waals surface area contributed by atoms with E-state index in [1.807, 2.05) is 61.5 Å². The third kappa shape index (κ3) is 5.28. The Morgan fingerprint density at radius 1 is 1.05 bits per heavy atom. The molecule has 202 valence electrons. The molecule has 8 nitrogen and oxygen atoms in total. The number of hydrogen-bond donors (Lipinski definition) is 1. The molecule has 0 saturated heterocycles. The molecule has 2 aromatic heterocycles. The summed E-state index contributed by atoms with van der Waals surface area (Å²) in [5, 5.41) is 13.6.